The molecule has 12 heteroatoms. The molecule has 2 aliphatic rings. The molecule has 2 aliphatic heterocycles. The number of carbonyl (C=O) groups is 2. The maximum atomic E-state index is 13.1. The molecule has 0 aliphatic carbocycles. The minimum atomic E-state index is -4.54. The third-order valence-electron chi connectivity index (χ3n) is 6.29. The fourth-order valence-electron chi connectivity index (χ4n) is 4.19. The normalized spacial score (nSPS) is 18.4. The number of aryl methyl sites for hydroxylation is 1. The predicted octanol–water partition coefficient (Wildman–Crippen LogP) is 3.42. The van der Waals surface area contributed by atoms with Crippen LogP contribution >= 0.6 is 0 Å². The van der Waals surface area contributed by atoms with Crippen LogP contribution in [0, 0.1) is 6.92 Å². The number of nitrogens with one attached hydrogen (secondary N) is 1. The number of carboxylic acid groups (broad SMARTS) is 1. The van der Waals surface area contributed by atoms with E-state index in [9.17, 15) is 31.2 Å². The van der Waals surface area contributed by atoms with Gasteiger partial charge in [0.15, 0.2) is 0 Å². The van der Waals surface area contributed by atoms with E-state index in [0.29, 0.717) is 11.1 Å². The van der Waals surface area contributed by atoms with Gasteiger partial charge < -0.3 is 10.4 Å². The van der Waals surface area contributed by atoms with Crippen molar-refractivity contribution in [3.05, 3.63) is 75.7 Å². The van der Waals surface area contributed by atoms with E-state index in [4.69, 9.17) is 5.11 Å². The minimum Gasteiger partial charge on any atom is -0.478 e. The van der Waals surface area contributed by atoms with E-state index in [2.05, 4.69) is 10.3 Å². The summed E-state index contributed by atoms with van der Waals surface area (Å²) in [6.07, 6.45) is -3.02. The molecular weight excluding hydrogens is 499 g/mol. The van der Waals surface area contributed by atoms with Crippen molar-refractivity contribution in [1.29, 1.82) is 0 Å². The molecule has 0 saturated carbocycles. The highest BCUT2D eigenvalue weighted by Crippen LogP contribution is 2.34. The molecule has 2 aromatic rings. The van der Waals surface area contributed by atoms with Crippen molar-refractivity contribution in [2.45, 2.75) is 31.5 Å². The fourth-order valence-corrected chi connectivity index (χ4v) is 5.37. The van der Waals surface area contributed by atoms with E-state index in [1.165, 1.54) is 40.7 Å². The van der Waals surface area contributed by atoms with Crippen molar-refractivity contribution in [2.24, 2.45) is 4.99 Å². The third kappa shape index (κ3) is 5.05. The number of alkyl halides is 3. The number of amides is 1. The van der Waals surface area contributed by atoms with Crippen LogP contribution in [0.2, 0.25) is 0 Å². The van der Waals surface area contributed by atoms with Crippen molar-refractivity contribution in [1.82, 2.24) is 9.62 Å². The van der Waals surface area contributed by atoms with Gasteiger partial charge in [-0.1, -0.05) is 18.2 Å². The predicted molar refractivity (Wildman–Crippen MR) is 126 cm³/mol. The summed E-state index contributed by atoms with van der Waals surface area (Å²) in [5.41, 5.74) is -0.757. The second-order valence-corrected chi connectivity index (χ2v) is 10.5. The number of carbonyl (C=O) groups excluding carboxylic acids is 1. The van der Waals surface area contributed by atoms with Crippen molar-refractivity contribution in [2.75, 3.05) is 13.1 Å². The summed E-state index contributed by atoms with van der Waals surface area (Å²) in [5.74, 6) is -1.53. The number of benzene rings is 2. The Kier molecular flexibility index (Phi) is 6.52. The second-order valence-electron chi connectivity index (χ2n) is 8.65. The molecule has 0 radical (unpaired) electrons. The van der Waals surface area contributed by atoms with Gasteiger partial charge >= 0.3 is 12.1 Å². The van der Waals surface area contributed by atoms with Gasteiger partial charge in [0.05, 0.1) is 11.1 Å². The number of hydrogen-bond donors (Lipinski definition) is 2. The molecular formula is C24H22F3N3O5S. The summed E-state index contributed by atoms with van der Waals surface area (Å²) in [4.78, 5) is 28.2. The lowest BCUT2D eigenvalue weighted by Crippen LogP contribution is -2.50. The molecule has 1 amide bonds. The summed E-state index contributed by atoms with van der Waals surface area (Å²) >= 11 is 0. The van der Waals surface area contributed by atoms with Crippen LogP contribution in [0.3, 0.4) is 0 Å². The summed E-state index contributed by atoms with van der Waals surface area (Å²) in [6, 6.07) is 8.83. The Balaban J connectivity index is 1.48. The maximum absolute atomic E-state index is 13.1. The first-order valence-electron chi connectivity index (χ1n) is 10.9. The molecule has 2 aromatic carbocycles. The Hall–Kier alpha value is -3.51. The van der Waals surface area contributed by atoms with Crippen LogP contribution in [0.25, 0.3) is 6.08 Å². The zero-order valence-electron chi connectivity index (χ0n) is 19.0. The average Bonchev–Trinajstić information content (AvgIpc) is 3.13. The van der Waals surface area contributed by atoms with E-state index in [1.54, 1.807) is 6.92 Å². The van der Waals surface area contributed by atoms with E-state index in [-0.39, 0.29) is 42.9 Å². The van der Waals surface area contributed by atoms with E-state index < -0.39 is 39.2 Å². The van der Waals surface area contributed by atoms with Gasteiger partial charge in [0, 0.05) is 24.1 Å². The number of aliphatic imine (C=N–C) groups is 1. The Morgan fingerprint density at radius 2 is 1.86 bits per heavy atom. The lowest BCUT2D eigenvalue weighted by Gasteiger charge is -2.34. The number of halogens is 3. The van der Waals surface area contributed by atoms with E-state index >= 15 is 0 Å². The SMILES string of the molecule is Cc1cc(C(=O)O)ccc1/C=C/S(=O)(=O)N1CCC2(CC1)N=C(c1cccc(C(F)(F)F)c1)NC2=O. The maximum Gasteiger partial charge on any atom is 0.416 e. The largest absolute Gasteiger partial charge is 0.478 e. The summed E-state index contributed by atoms with van der Waals surface area (Å²) in [5, 5.41) is 12.6. The highest BCUT2D eigenvalue weighted by molar-refractivity contribution is 7.92. The molecule has 36 heavy (non-hydrogen) atoms. The lowest BCUT2D eigenvalue weighted by molar-refractivity contribution is -0.137. The molecule has 4 rings (SSSR count). The van der Waals surface area contributed by atoms with Gasteiger partial charge in [-0.05, 0) is 61.2 Å². The van der Waals surface area contributed by atoms with Gasteiger partial charge in [0.1, 0.15) is 11.4 Å². The number of carboxylic acids is 1. The monoisotopic (exact) mass is 521 g/mol. The van der Waals surface area contributed by atoms with Crippen LogP contribution in [0.5, 0.6) is 0 Å². The number of piperidine rings is 1. The molecule has 1 spiro atoms. The summed E-state index contributed by atoms with van der Waals surface area (Å²) in [6.45, 7) is 1.66. The number of aromatic carboxylic acids is 1. The number of hydrogen-bond acceptors (Lipinski definition) is 5. The number of nitrogens with zero attached hydrogens (tertiary/aromatic N) is 2. The van der Waals surface area contributed by atoms with Gasteiger partial charge in [-0.15, -0.1) is 0 Å². The van der Waals surface area contributed by atoms with Crippen LogP contribution in [0.15, 0.2) is 52.9 Å². The summed E-state index contributed by atoms with van der Waals surface area (Å²) < 4.78 is 66.1. The molecule has 0 bridgehead atoms. The molecule has 0 unspecified atom stereocenters. The Morgan fingerprint density at radius 1 is 1.17 bits per heavy atom. The fraction of sp³-hybridized carbons (Fsp3) is 0.292. The smallest absolute Gasteiger partial charge is 0.416 e. The van der Waals surface area contributed by atoms with Crippen LogP contribution in [-0.4, -0.2) is 54.2 Å². The molecule has 1 fully saturated rings. The Labute approximate surface area is 205 Å². The standard InChI is InChI=1S/C24H22F3N3O5S/c1-15-13-18(21(31)32)6-5-16(15)7-12-36(34,35)30-10-8-23(9-11-30)22(33)28-20(29-23)17-3-2-4-19(14-17)24(25,26)27/h2-7,12-14H,8-11H2,1H3,(H,31,32)(H,28,29,33)/b12-7+. The summed E-state index contributed by atoms with van der Waals surface area (Å²) in [7, 11) is -3.84. The van der Waals surface area contributed by atoms with Gasteiger partial charge in [0.2, 0.25) is 10.0 Å². The number of amidine groups is 1. The third-order valence-corrected chi connectivity index (χ3v) is 7.85. The number of sulfonamides is 1. The van der Waals surface area contributed by atoms with Crippen LogP contribution < -0.4 is 5.32 Å². The van der Waals surface area contributed by atoms with Crippen LogP contribution in [-0.2, 0) is 21.0 Å². The second kappa shape index (κ2) is 9.17. The first kappa shape index (κ1) is 25.6. The van der Waals surface area contributed by atoms with Crippen LogP contribution in [0.1, 0.15) is 45.5 Å². The van der Waals surface area contributed by atoms with Gasteiger partial charge in [0.25, 0.3) is 5.91 Å². The van der Waals surface area contributed by atoms with E-state index in [0.717, 1.165) is 17.5 Å². The number of rotatable bonds is 5. The zero-order valence-corrected chi connectivity index (χ0v) is 19.9. The van der Waals surface area contributed by atoms with Gasteiger partial charge in [-0.25, -0.2) is 13.2 Å². The zero-order chi connectivity index (χ0) is 26.3. The first-order chi connectivity index (χ1) is 16.8. The molecule has 0 aromatic heterocycles. The Morgan fingerprint density at radius 3 is 2.47 bits per heavy atom. The van der Waals surface area contributed by atoms with Gasteiger partial charge in [-0.3, -0.25) is 9.79 Å². The molecule has 0 atom stereocenters. The molecule has 190 valence electrons. The minimum absolute atomic E-state index is 0.00357. The topological polar surface area (TPSA) is 116 Å². The van der Waals surface area contributed by atoms with Gasteiger partial charge in [-0.2, -0.15) is 17.5 Å². The lowest BCUT2D eigenvalue weighted by atomic mass is 9.89. The van der Waals surface area contributed by atoms with E-state index in [1.807, 2.05) is 0 Å². The first-order valence-corrected chi connectivity index (χ1v) is 12.4. The van der Waals surface area contributed by atoms with Crippen LogP contribution in [0.4, 0.5) is 13.2 Å². The average molecular weight is 522 g/mol. The van der Waals surface area contributed by atoms with Crippen molar-refractivity contribution < 1.29 is 36.3 Å². The van der Waals surface area contributed by atoms with Crippen molar-refractivity contribution in [3.63, 3.8) is 0 Å². The molecule has 1 saturated heterocycles. The van der Waals surface area contributed by atoms with Crippen molar-refractivity contribution >= 4 is 33.8 Å². The molecule has 8 nitrogen and oxygen atoms in total. The Bertz CT molecular complexity index is 1390. The highest BCUT2D eigenvalue weighted by Gasteiger charge is 2.47. The molecule has 2 N–H and O–H groups in total. The molecule has 2 heterocycles. The van der Waals surface area contributed by atoms with Crippen molar-refractivity contribution in [3.8, 4) is 0 Å². The quantitative estimate of drug-likeness (QED) is 0.626. The highest BCUT2D eigenvalue weighted by atomic mass is 32.2.